The van der Waals surface area contributed by atoms with Gasteiger partial charge in [-0.15, -0.1) is 0 Å². The van der Waals surface area contributed by atoms with Crippen LogP contribution >= 0.6 is 0 Å². The Kier molecular flexibility index (Phi) is 5.36. The number of nitrogens with two attached hydrogens (primary N) is 1. The number of carbonyl (C=O) groups is 1. The average molecular weight is 310 g/mol. The summed E-state index contributed by atoms with van der Waals surface area (Å²) in [7, 11) is -2.89. The van der Waals surface area contributed by atoms with E-state index in [1.807, 2.05) is 30.3 Å². The largest absolute Gasteiger partial charge is 0.355 e. The van der Waals surface area contributed by atoms with Crippen molar-refractivity contribution in [2.45, 2.75) is 12.8 Å². The fraction of sp³-hybridized carbons (Fsp3) is 0.533. The monoisotopic (exact) mass is 310 g/mol. The molecule has 1 fully saturated rings. The summed E-state index contributed by atoms with van der Waals surface area (Å²) < 4.78 is 22.8. The van der Waals surface area contributed by atoms with Crippen molar-refractivity contribution in [3.05, 3.63) is 35.9 Å². The summed E-state index contributed by atoms with van der Waals surface area (Å²) in [5.41, 5.74) is 6.77. The predicted octanol–water partition coefficient (Wildman–Crippen LogP) is 0.355. The fourth-order valence-electron chi connectivity index (χ4n) is 2.60. The number of hydrogen-bond acceptors (Lipinski definition) is 4. The minimum atomic E-state index is -2.89. The van der Waals surface area contributed by atoms with Gasteiger partial charge in [-0.2, -0.15) is 0 Å². The van der Waals surface area contributed by atoms with E-state index in [1.165, 1.54) is 0 Å². The molecular weight excluding hydrogens is 288 g/mol. The number of hydrogen-bond donors (Lipinski definition) is 2. The average Bonchev–Trinajstić information content (AvgIpc) is 2.82. The van der Waals surface area contributed by atoms with E-state index >= 15 is 0 Å². The number of amides is 1. The fourth-order valence-corrected chi connectivity index (χ4v) is 4.47. The topological polar surface area (TPSA) is 89.3 Å². The molecule has 1 aromatic rings. The summed E-state index contributed by atoms with van der Waals surface area (Å²) >= 11 is 0. The molecule has 0 aromatic heterocycles. The maximum atomic E-state index is 12.2. The van der Waals surface area contributed by atoms with Crippen molar-refractivity contribution in [1.82, 2.24) is 5.32 Å². The summed E-state index contributed by atoms with van der Waals surface area (Å²) in [6.45, 7) is 0.701. The van der Waals surface area contributed by atoms with Crippen LogP contribution in [0.1, 0.15) is 12.0 Å². The third-order valence-electron chi connectivity index (χ3n) is 3.87. The number of carbonyl (C=O) groups excluding carboxylic acids is 1. The molecule has 3 N–H and O–H groups in total. The van der Waals surface area contributed by atoms with E-state index in [4.69, 9.17) is 5.73 Å². The Bertz CT molecular complexity index is 572. The van der Waals surface area contributed by atoms with Gasteiger partial charge >= 0.3 is 0 Å². The zero-order valence-electron chi connectivity index (χ0n) is 12.0. The summed E-state index contributed by atoms with van der Waals surface area (Å²) in [4.78, 5) is 12.2. The van der Waals surface area contributed by atoms with Crippen molar-refractivity contribution < 1.29 is 13.2 Å². The van der Waals surface area contributed by atoms with Gasteiger partial charge in [0.2, 0.25) is 5.91 Å². The second-order valence-corrected chi connectivity index (χ2v) is 7.87. The van der Waals surface area contributed by atoms with Crippen LogP contribution in [0, 0.1) is 11.8 Å². The van der Waals surface area contributed by atoms with Gasteiger partial charge in [0.25, 0.3) is 0 Å². The van der Waals surface area contributed by atoms with E-state index in [0.29, 0.717) is 19.4 Å². The highest BCUT2D eigenvalue weighted by molar-refractivity contribution is 7.91. The van der Waals surface area contributed by atoms with Crippen molar-refractivity contribution in [3.63, 3.8) is 0 Å². The van der Waals surface area contributed by atoms with Crippen molar-refractivity contribution >= 4 is 15.7 Å². The van der Waals surface area contributed by atoms with Gasteiger partial charge in [-0.1, -0.05) is 30.3 Å². The lowest BCUT2D eigenvalue weighted by Crippen LogP contribution is -2.38. The molecule has 0 aliphatic carbocycles. The maximum Gasteiger partial charge on any atom is 0.224 e. The molecule has 116 valence electrons. The molecule has 0 radical (unpaired) electrons. The van der Waals surface area contributed by atoms with Gasteiger partial charge in [0, 0.05) is 13.1 Å². The van der Waals surface area contributed by atoms with Crippen LogP contribution in [0.5, 0.6) is 0 Å². The van der Waals surface area contributed by atoms with Crippen molar-refractivity contribution in [1.29, 1.82) is 0 Å². The minimum absolute atomic E-state index is 0.0362. The van der Waals surface area contributed by atoms with E-state index in [0.717, 1.165) is 5.56 Å². The van der Waals surface area contributed by atoms with Crippen LogP contribution in [0.3, 0.4) is 0 Å². The summed E-state index contributed by atoms with van der Waals surface area (Å²) in [5.74, 6) is 0.0853. The Labute approximate surface area is 125 Å². The second kappa shape index (κ2) is 7.04. The Morgan fingerprint density at radius 3 is 2.62 bits per heavy atom. The van der Waals surface area contributed by atoms with Gasteiger partial charge in [0.15, 0.2) is 9.84 Å². The van der Waals surface area contributed by atoms with Crippen LogP contribution in [0.2, 0.25) is 0 Å². The van der Waals surface area contributed by atoms with Gasteiger partial charge in [0.1, 0.15) is 0 Å². The molecule has 1 aromatic carbocycles. The highest BCUT2D eigenvalue weighted by Crippen LogP contribution is 2.17. The van der Waals surface area contributed by atoms with Crippen LogP contribution in [0.25, 0.3) is 0 Å². The normalized spacial score (nSPS) is 21.9. The summed E-state index contributed by atoms with van der Waals surface area (Å²) in [6.07, 6.45) is 1.24. The Balaban J connectivity index is 1.83. The predicted molar refractivity (Wildman–Crippen MR) is 82.5 cm³/mol. The quantitative estimate of drug-likeness (QED) is 0.793. The molecular formula is C15H22N2O3S. The Morgan fingerprint density at radius 1 is 1.33 bits per heavy atom. The molecule has 0 bridgehead atoms. The van der Waals surface area contributed by atoms with Crippen molar-refractivity contribution in [2.75, 3.05) is 24.6 Å². The van der Waals surface area contributed by atoms with E-state index < -0.39 is 9.84 Å². The van der Waals surface area contributed by atoms with E-state index in [9.17, 15) is 13.2 Å². The summed E-state index contributed by atoms with van der Waals surface area (Å²) in [6, 6.07) is 9.74. The highest BCUT2D eigenvalue weighted by Gasteiger charge is 2.28. The molecule has 5 nitrogen and oxygen atoms in total. The van der Waals surface area contributed by atoms with E-state index in [1.54, 1.807) is 0 Å². The lowest BCUT2D eigenvalue weighted by molar-refractivity contribution is -0.124. The maximum absolute atomic E-state index is 12.2. The van der Waals surface area contributed by atoms with Crippen LogP contribution in [-0.2, 0) is 21.1 Å². The molecule has 2 atom stereocenters. The van der Waals surface area contributed by atoms with Crippen LogP contribution in [0.4, 0.5) is 0 Å². The van der Waals surface area contributed by atoms with Gasteiger partial charge < -0.3 is 11.1 Å². The SMILES string of the molecule is NCC(Cc1ccccc1)C(=O)NCC1CCS(=O)(=O)C1. The second-order valence-electron chi connectivity index (χ2n) is 5.64. The number of benzene rings is 1. The molecule has 2 rings (SSSR count). The lowest BCUT2D eigenvalue weighted by atomic mass is 9.98. The smallest absolute Gasteiger partial charge is 0.224 e. The van der Waals surface area contributed by atoms with Gasteiger partial charge in [0.05, 0.1) is 17.4 Å². The molecule has 1 amide bonds. The summed E-state index contributed by atoms with van der Waals surface area (Å²) in [5, 5.41) is 2.85. The number of rotatable bonds is 6. The van der Waals surface area contributed by atoms with Gasteiger partial charge in [-0.05, 0) is 24.3 Å². The number of sulfone groups is 1. The standard InChI is InChI=1S/C15H22N2O3S/c16-9-14(8-12-4-2-1-3-5-12)15(18)17-10-13-6-7-21(19,20)11-13/h1-5,13-14H,6-11,16H2,(H,17,18). The first kappa shape index (κ1) is 16.0. The molecule has 2 unspecified atom stereocenters. The lowest BCUT2D eigenvalue weighted by Gasteiger charge is -2.16. The molecule has 6 heteroatoms. The van der Waals surface area contributed by atoms with Crippen molar-refractivity contribution in [3.8, 4) is 0 Å². The zero-order chi connectivity index (χ0) is 15.3. The van der Waals surface area contributed by atoms with Gasteiger partial charge in [-0.25, -0.2) is 8.42 Å². The molecule has 1 heterocycles. The first-order valence-electron chi connectivity index (χ1n) is 7.22. The zero-order valence-corrected chi connectivity index (χ0v) is 12.8. The first-order valence-corrected chi connectivity index (χ1v) is 9.04. The Hall–Kier alpha value is -1.40. The van der Waals surface area contributed by atoms with E-state index in [2.05, 4.69) is 5.32 Å². The van der Waals surface area contributed by atoms with E-state index in [-0.39, 0.29) is 35.8 Å². The molecule has 21 heavy (non-hydrogen) atoms. The third-order valence-corrected chi connectivity index (χ3v) is 5.71. The molecule has 0 saturated carbocycles. The third kappa shape index (κ3) is 4.82. The van der Waals surface area contributed by atoms with Crippen molar-refractivity contribution in [2.24, 2.45) is 17.6 Å². The Morgan fingerprint density at radius 2 is 2.05 bits per heavy atom. The minimum Gasteiger partial charge on any atom is -0.355 e. The molecule has 1 aliphatic heterocycles. The number of nitrogens with one attached hydrogen (secondary N) is 1. The highest BCUT2D eigenvalue weighted by atomic mass is 32.2. The molecule has 0 spiro atoms. The molecule has 1 saturated heterocycles. The first-order chi connectivity index (χ1) is 10.00. The van der Waals surface area contributed by atoms with Crippen LogP contribution in [0.15, 0.2) is 30.3 Å². The van der Waals surface area contributed by atoms with Crippen LogP contribution < -0.4 is 11.1 Å². The van der Waals surface area contributed by atoms with Crippen LogP contribution in [-0.4, -0.2) is 38.9 Å². The van der Waals surface area contributed by atoms with Gasteiger partial charge in [-0.3, -0.25) is 4.79 Å². The molecule has 1 aliphatic rings.